The fraction of sp³-hybridized carbons (Fsp3) is 0.667. The lowest BCUT2D eigenvalue weighted by Crippen LogP contribution is -2.39. The summed E-state index contributed by atoms with van der Waals surface area (Å²) in [6, 6.07) is 0.348. The van der Waals surface area contributed by atoms with Gasteiger partial charge in [0, 0.05) is 19.7 Å². The second-order valence-electron chi connectivity index (χ2n) is 4.58. The van der Waals surface area contributed by atoms with Crippen molar-refractivity contribution in [2.75, 3.05) is 32.1 Å². The van der Waals surface area contributed by atoms with Crippen LogP contribution in [0.4, 0.5) is 5.69 Å². The molecule has 1 atom stereocenters. The van der Waals surface area contributed by atoms with E-state index in [0.29, 0.717) is 23.7 Å². The van der Waals surface area contributed by atoms with Gasteiger partial charge in [-0.3, -0.25) is 4.79 Å². The van der Waals surface area contributed by atoms with Gasteiger partial charge < -0.3 is 15.4 Å². The highest BCUT2D eigenvalue weighted by Crippen LogP contribution is 2.18. The monoisotopic (exact) mass is 330 g/mol. The summed E-state index contributed by atoms with van der Waals surface area (Å²) in [5.74, 6) is 0. The van der Waals surface area contributed by atoms with Gasteiger partial charge in [-0.05, 0) is 35.3 Å². The van der Waals surface area contributed by atoms with Crippen molar-refractivity contribution in [3.63, 3.8) is 0 Å². The Kier molecular flexibility index (Phi) is 5.35. The van der Waals surface area contributed by atoms with Crippen LogP contribution in [0.25, 0.3) is 0 Å². The molecule has 1 aromatic heterocycles. The van der Waals surface area contributed by atoms with Crippen molar-refractivity contribution in [3.8, 4) is 0 Å². The zero-order chi connectivity index (χ0) is 13.7. The third kappa shape index (κ3) is 3.77. The second kappa shape index (κ2) is 7.02. The van der Waals surface area contributed by atoms with E-state index >= 15 is 0 Å². The summed E-state index contributed by atoms with van der Waals surface area (Å²) < 4.78 is 6.89. The molecule has 1 aliphatic rings. The van der Waals surface area contributed by atoms with Gasteiger partial charge in [-0.1, -0.05) is 0 Å². The van der Waals surface area contributed by atoms with Gasteiger partial charge in [0.1, 0.15) is 4.47 Å². The van der Waals surface area contributed by atoms with Gasteiger partial charge in [0.15, 0.2) is 0 Å². The highest BCUT2D eigenvalue weighted by atomic mass is 79.9. The highest BCUT2D eigenvalue weighted by Gasteiger charge is 2.15. The Morgan fingerprint density at radius 1 is 1.68 bits per heavy atom. The average Bonchev–Trinajstić information content (AvgIpc) is 2.44. The number of nitrogens with zero attached hydrogens (tertiary/aromatic N) is 2. The molecule has 2 rings (SSSR count). The highest BCUT2D eigenvalue weighted by molar-refractivity contribution is 9.10. The fourth-order valence-corrected chi connectivity index (χ4v) is 2.52. The van der Waals surface area contributed by atoms with Crippen molar-refractivity contribution in [3.05, 3.63) is 21.0 Å². The maximum atomic E-state index is 12.1. The van der Waals surface area contributed by atoms with E-state index in [1.807, 2.05) is 0 Å². The van der Waals surface area contributed by atoms with E-state index in [4.69, 9.17) is 4.74 Å². The van der Waals surface area contributed by atoms with Gasteiger partial charge in [0.25, 0.3) is 5.56 Å². The van der Waals surface area contributed by atoms with Gasteiger partial charge in [-0.2, -0.15) is 5.10 Å². The van der Waals surface area contributed by atoms with Crippen LogP contribution >= 0.6 is 15.9 Å². The molecular formula is C12H19BrN4O2. The summed E-state index contributed by atoms with van der Waals surface area (Å²) >= 11 is 3.35. The third-order valence-corrected chi connectivity index (χ3v) is 3.91. The van der Waals surface area contributed by atoms with Crippen LogP contribution in [-0.4, -0.2) is 42.6 Å². The van der Waals surface area contributed by atoms with E-state index < -0.39 is 0 Å². The Balaban J connectivity index is 2.09. The molecule has 1 aliphatic heterocycles. The number of halogens is 1. The lowest BCUT2D eigenvalue weighted by molar-refractivity contribution is 0.181. The van der Waals surface area contributed by atoms with Crippen LogP contribution in [-0.2, 0) is 11.3 Å². The fourth-order valence-electron chi connectivity index (χ4n) is 2.10. The molecule has 1 aromatic rings. The molecule has 1 fully saturated rings. The molecule has 6 nitrogen and oxygen atoms in total. The maximum absolute atomic E-state index is 12.1. The Hall–Kier alpha value is -0.920. The number of ether oxygens (including phenoxy) is 1. The molecule has 0 aliphatic carbocycles. The first kappa shape index (κ1) is 14.5. The molecule has 106 valence electrons. The molecule has 0 bridgehead atoms. The Labute approximate surface area is 120 Å². The standard InChI is InChI=1S/C12H19BrN4O2/c1-19-6-5-17-12(18)11(13)10(8-15-17)16-9-3-2-4-14-7-9/h8-9,14,16H,2-7H2,1H3. The normalized spacial score (nSPS) is 19.4. The molecule has 2 N–H and O–H groups in total. The first-order chi connectivity index (χ1) is 9.22. The van der Waals surface area contributed by atoms with E-state index in [-0.39, 0.29) is 5.56 Å². The number of aromatic nitrogens is 2. The molecule has 1 saturated heterocycles. The van der Waals surface area contributed by atoms with Crippen LogP contribution in [0.15, 0.2) is 15.5 Å². The third-order valence-electron chi connectivity index (χ3n) is 3.15. The molecule has 0 radical (unpaired) electrons. The topological polar surface area (TPSA) is 68.2 Å². The van der Waals surface area contributed by atoms with E-state index in [0.717, 1.165) is 31.6 Å². The van der Waals surface area contributed by atoms with Crippen LogP contribution in [0.1, 0.15) is 12.8 Å². The number of nitrogens with one attached hydrogen (secondary N) is 2. The number of hydrogen-bond acceptors (Lipinski definition) is 5. The number of hydrogen-bond donors (Lipinski definition) is 2. The molecular weight excluding hydrogens is 312 g/mol. The second-order valence-corrected chi connectivity index (χ2v) is 5.37. The Morgan fingerprint density at radius 3 is 3.21 bits per heavy atom. The molecule has 7 heteroatoms. The Bertz CT molecular complexity index is 471. The van der Waals surface area contributed by atoms with E-state index in [1.54, 1.807) is 13.3 Å². The number of piperidine rings is 1. The molecule has 0 amide bonds. The van der Waals surface area contributed by atoms with Crippen LogP contribution in [0.2, 0.25) is 0 Å². The van der Waals surface area contributed by atoms with Crippen molar-refractivity contribution < 1.29 is 4.74 Å². The maximum Gasteiger partial charge on any atom is 0.283 e. The van der Waals surface area contributed by atoms with Crippen molar-refractivity contribution in [1.29, 1.82) is 0 Å². The Morgan fingerprint density at radius 2 is 2.53 bits per heavy atom. The minimum Gasteiger partial charge on any atom is -0.383 e. The summed E-state index contributed by atoms with van der Waals surface area (Å²) in [5, 5.41) is 10.8. The quantitative estimate of drug-likeness (QED) is 0.836. The van der Waals surface area contributed by atoms with Gasteiger partial charge in [0.2, 0.25) is 0 Å². The lowest BCUT2D eigenvalue weighted by atomic mass is 10.1. The lowest BCUT2D eigenvalue weighted by Gasteiger charge is -2.25. The summed E-state index contributed by atoms with van der Waals surface area (Å²) in [4.78, 5) is 12.1. The summed E-state index contributed by atoms with van der Waals surface area (Å²) in [6.45, 7) is 2.91. The van der Waals surface area contributed by atoms with Gasteiger partial charge in [0.05, 0.1) is 25.0 Å². The number of methoxy groups -OCH3 is 1. The first-order valence-corrected chi connectivity index (χ1v) is 7.23. The van der Waals surface area contributed by atoms with Gasteiger partial charge in [-0.25, -0.2) is 4.68 Å². The zero-order valence-corrected chi connectivity index (χ0v) is 12.6. The van der Waals surface area contributed by atoms with Crippen molar-refractivity contribution >= 4 is 21.6 Å². The largest absolute Gasteiger partial charge is 0.383 e. The average molecular weight is 331 g/mol. The predicted molar refractivity (Wildman–Crippen MR) is 77.6 cm³/mol. The SMILES string of the molecule is COCCn1ncc(NC2CCCNC2)c(Br)c1=O. The summed E-state index contributed by atoms with van der Waals surface area (Å²) in [6.07, 6.45) is 3.94. The number of rotatable bonds is 5. The minimum absolute atomic E-state index is 0.134. The van der Waals surface area contributed by atoms with E-state index in [2.05, 4.69) is 31.7 Å². The van der Waals surface area contributed by atoms with Crippen molar-refractivity contribution in [2.24, 2.45) is 0 Å². The van der Waals surface area contributed by atoms with Crippen LogP contribution in [0.3, 0.4) is 0 Å². The molecule has 0 spiro atoms. The van der Waals surface area contributed by atoms with Crippen LogP contribution in [0, 0.1) is 0 Å². The first-order valence-electron chi connectivity index (χ1n) is 6.44. The smallest absolute Gasteiger partial charge is 0.283 e. The predicted octanol–water partition coefficient (Wildman–Crippen LogP) is 0.816. The van der Waals surface area contributed by atoms with Crippen LogP contribution in [0.5, 0.6) is 0 Å². The zero-order valence-electron chi connectivity index (χ0n) is 11.0. The van der Waals surface area contributed by atoms with Crippen molar-refractivity contribution in [2.45, 2.75) is 25.4 Å². The molecule has 2 heterocycles. The van der Waals surface area contributed by atoms with Gasteiger partial charge in [-0.15, -0.1) is 0 Å². The molecule has 0 aromatic carbocycles. The molecule has 0 saturated carbocycles. The molecule has 1 unspecified atom stereocenters. The van der Waals surface area contributed by atoms with E-state index in [1.165, 1.54) is 4.68 Å². The summed E-state index contributed by atoms with van der Waals surface area (Å²) in [5.41, 5.74) is 0.623. The van der Waals surface area contributed by atoms with Gasteiger partial charge >= 0.3 is 0 Å². The molecule has 19 heavy (non-hydrogen) atoms. The van der Waals surface area contributed by atoms with Crippen LogP contribution < -0.4 is 16.2 Å². The van der Waals surface area contributed by atoms with E-state index in [9.17, 15) is 4.79 Å². The van der Waals surface area contributed by atoms with Crippen molar-refractivity contribution in [1.82, 2.24) is 15.1 Å². The minimum atomic E-state index is -0.134. The number of anilines is 1. The summed E-state index contributed by atoms with van der Waals surface area (Å²) in [7, 11) is 1.60.